The fraction of sp³-hybridized carbons (Fsp3) is 0.500. The highest BCUT2D eigenvalue weighted by Crippen LogP contribution is 2.24. The lowest BCUT2D eigenvalue weighted by atomic mass is 10.2. The maximum absolute atomic E-state index is 10.7. The lowest BCUT2D eigenvalue weighted by Gasteiger charge is -2.13. The van der Waals surface area contributed by atoms with Crippen LogP contribution in [-0.4, -0.2) is 24.2 Å². The number of hydrogen-bond donors (Lipinski definition) is 1. The van der Waals surface area contributed by atoms with Gasteiger partial charge in [-0.25, -0.2) is 0 Å². The molecule has 0 aliphatic carbocycles. The molecule has 18 heavy (non-hydrogen) atoms. The van der Waals surface area contributed by atoms with Crippen LogP contribution >= 0.6 is 11.6 Å². The molecule has 0 heterocycles. The Hall–Kier alpha value is -1.17. The molecule has 0 aliphatic heterocycles. The number of ether oxygens (including phenoxy) is 1. The first-order valence-electron chi connectivity index (χ1n) is 5.78. The molecule has 0 saturated carbocycles. The van der Waals surface area contributed by atoms with E-state index in [1.54, 1.807) is 12.1 Å². The molecule has 0 fully saturated rings. The third kappa shape index (κ3) is 4.60. The number of nitro benzene ring substituents is 1. The van der Waals surface area contributed by atoms with E-state index in [-0.39, 0.29) is 16.8 Å². The summed E-state index contributed by atoms with van der Waals surface area (Å²) in [4.78, 5) is 10.3. The summed E-state index contributed by atoms with van der Waals surface area (Å²) in [6, 6.07) is 5.00. The molecule has 6 heteroatoms. The second-order valence-corrected chi connectivity index (χ2v) is 4.39. The number of nitrogens with zero attached hydrogens (tertiary/aromatic N) is 1. The maximum atomic E-state index is 10.7. The molecule has 0 saturated heterocycles. The smallest absolute Gasteiger partial charge is 0.288 e. The SMILES string of the molecule is CCOCC(C)NCc1ccc(Cl)c([N+](=O)[O-])c1. The topological polar surface area (TPSA) is 64.4 Å². The molecule has 0 amide bonds. The number of halogens is 1. The van der Waals surface area contributed by atoms with Gasteiger partial charge in [0.2, 0.25) is 0 Å². The van der Waals surface area contributed by atoms with Crippen molar-refractivity contribution in [1.82, 2.24) is 5.32 Å². The molecule has 0 radical (unpaired) electrons. The van der Waals surface area contributed by atoms with E-state index < -0.39 is 4.92 Å². The first-order chi connectivity index (χ1) is 8.54. The minimum atomic E-state index is -0.477. The highest BCUT2D eigenvalue weighted by Gasteiger charge is 2.12. The Morgan fingerprint density at radius 1 is 1.56 bits per heavy atom. The van der Waals surface area contributed by atoms with Gasteiger partial charge >= 0.3 is 0 Å². The molecule has 1 aromatic carbocycles. The average Bonchev–Trinajstić information content (AvgIpc) is 2.35. The van der Waals surface area contributed by atoms with Crippen LogP contribution in [0, 0.1) is 10.1 Å². The average molecular weight is 273 g/mol. The van der Waals surface area contributed by atoms with E-state index in [0.29, 0.717) is 19.8 Å². The summed E-state index contributed by atoms with van der Waals surface area (Å²) in [7, 11) is 0. The molecule has 0 aromatic heterocycles. The van der Waals surface area contributed by atoms with E-state index in [2.05, 4.69) is 5.32 Å². The molecular formula is C12H17ClN2O3. The van der Waals surface area contributed by atoms with E-state index in [4.69, 9.17) is 16.3 Å². The van der Waals surface area contributed by atoms with E-state index in [1.807, 2.05) is 13.8 Å². The van der Waals surface area contributed by atoms with Gasteiger partial charge in [0.25, 0.3) is 5.69 Å². The highest BCUT2D eigenvalue weighted by molar-refractivity contribution is 6.32. The predicted octanol–water partition coefficient (Wildman–Crippen LogP) is 2.76. The van der Waals surface area contributed by atoms with E-state index in [0.717, 1.165) is 5.56 Å². The monoisotopic (exact) mass is 272 g/mol. The van der Waals surface area contributed by atoms with Gasteiger partial charge in [-0.05, 0) is 25.5 Å². The third-order valence-electron chi connectivity index (χ3n) is 2.43. The summed E-state index contributed by atoms with van der Waals surface area (Å²) < 4.78 is 5.27. The van der Waals surface area contributed by atoms with Crippen LogP contribution in [0.15, 0.2) is 18.2 Å². The van der Waals surface area contributed by atoms with E-state index in [9.17, 15) is 10.1 Å². The van der Waals surface area contributed by atoms with Gasteiger partial charge in [0.15, 0.2) is 0 Å². The zero-order valence-electron chi connectivity index (χ0n) is 10.5. The van der Waals surface area contributed by atoms with Crippen LogP contribution in [0.4, 0.5) is 5.69 Å². The normalized spacial score (nSPS) is 12.4. The van der Waals surface area contributed by atoms with E-state index in [1.165, 1.54) is 6.07 Å². The number of rotatable bonds is 7. The largest absolute Gasteiger partial charge is 0.380 e. The first kappa shape index (κ1) is 14.9. The van der Waals surface area contributed by atoms with Crippen molar-refractivity contribution in [3.63, 3.8) is 0 Å². The lowest BCUT2D eigenvalue weighted by molar-refractivity contribution is -0.384. The molecule has 5 nitrogen and oxygen atoms in total. The number of hydrogen-bond acceptors (Lipinski definition) is 4. The minimum Gasteiger partial charge on any atom is -0.380 e. The molecule has 1 N–H and O–H groups in total. The number of nitrogens with one attached hydrogen (secondary N) is 1. The van der Waals surface area contributed by atoms with Crippen LogP contribution in [0.2, 0.25) is 5.02 Å². The zero-order chi connectivity index (χ0) is 13.5. The molecule has 1 atom stereocenters. The molecule has 1 aromatic rings. The van der Waals surface area contributed by atoms with Crippen LogP contribution in [0.25, 0.3) is 0 Å². The second kappa shape index (κ2) is 7.31. The molecule has 0 aliphatic rings. The Kier molecular flexibility index (Phi) is 6.04. The Labute approximate surface area is 111 Å². The molecule has 0 spiro atoms. The van der Waals surface area contributed by atoms with Crippen LogP contribution < -0.4 is 5.32 Å². The van der Waals surface area contributed by atoms with Crippen molar-refractivity contribution in [2.75, 3.05) is 13.2 Å². The summed E-state index contributed by atoms with van der Waals surface area (Å²) in [5.74, 6) is 0. The van der Waals surface area contributed by atoms with Crippen molar-refractivity contribution >= 4 is 17.3 Å². The molecule has 0 bridgehead atoms. The van der Waals surface area contributed by atoms with Crippen LogP contribution in [-0.2, 0) is 11.3 Å². The van der Waals surface area contributed by atoms with Gasteiger partial charge in [0.05, 0.1) is 11.5 Å². The van der Waals surface area contributed by atoms with Crippen molar-refractivity contribution < 1.29 is 9.66 Å². The lowest BCUT2D eigenvalue weighted by Crippen LogP contribution is -2.30. The standard InChI is InChI=1S/C12H17ClN2O3/c1-3-18-8-9(2)14-7-10-4-5-11(13)12(6-10)15(16)17/h4-6,9,14H,3,7-8H2,1-2H3. The molecule has 1 unspecified atom stereocenters. The van der Waals surface area contributed by atoms with E-state index >= 15 is 0 Å². The van der Waals surface area contributed by atoms with Crippen molar-refractivity contribution in [3.8, 4) is 0 Å². The summed E-state index contributed by atoms with van der Waals surface area (Å²) in [5.41, 5.74) is 0.767. The fourth-order valence-corrected chi connectivity index (χ4v) is 1.64. The Balaban J connectivity index is 2.57. The third-order valence-corrected chi connectivity index (χ3v) is 2.75. The van der Waals surface area contributed by atoms with Gasteiger partial charge in [-0.3, -0.25) is 10.1 Å². The summed E-state index contributed by atoms with van der Waals surface area (Å²) >= 11 is 5.74. The quantitative estimate of drug-likeness (QED) is 0.612. The summed E-state index contributed by atoms with van der Waals surface area (Å²) in [6.07, 6.45) is 0. The van der Waals surface area contributed by atoms with Gasteiger partial charge in [0, 0.05) is 25.3 Å². The van der Waals surface area contributed by atoms with Gasteiger partial charge in [-0.15, -0.1) is 0 Å². The first-order valence-corrected chi connectivity index (χ1v) is 6.16. The van der Waals surface area contributed by atoms with Crippen LogP contribution in [0.5, 0.6) is 0 Å². The van der Waals surface area contributed by atoms with Crippen molar-refractivity contribution in [2.24, 2.45) is 0 Å². The molecule has 100 valence electrons. The van der Waals surface area contributed by atoms with Crippen molar-refractivity contribution in [1.29, 1.82) is 0 Å². The van der Waals surface area contributed by atoms with Gasteiger partial charge in [0.1, 0.15) is 5.02 Å². The Morgan fingerprint density at radius 3 is 2.89 bits per heavy atom. The number of nitro groups is 1. The van der Waals surface area contributed by atoms with Crippen molar-refractivity contribution in [2.45, 2.75) is 26.4 Å². The second-order valence-electron chi connectivity index (χ2n) is 3.98. The van der Waals surface area contributed by atoms with Gasteiger partial charge < -0.3 is 10.1 Å². The molecular weight excluding hydrogens is 256 g/mol. The molecule has 1 rings (SSSR count). The number of benzene rings is 1. The minimum absolute atomic E-state index is 0.0616. The predicted molar refractivity (Wildman–Crippen MR) is 70.9 cm³/mol. The van der Waals surface area contributed by atoms with Gasteiger partial charge in [-0.1, -0.05) is 17.7 Å². The van der Waals surface area contributed by atoms with Gasteiger partial charge in [-0.2, -0.15) is 0 Å². The fourth-order valence-electron chi connectivity index (χ4n) is 1.45. The maximum Gasteiger partial charge on any atom is 0.288 e. The Bertz CT molecular complexity index is 412. The summed E-state index contributed by atoms with van der Waals surface area (Å²) in [5, 5.41) is 14.1. The van der Waals surface area contributed by atoms with Crippen LogP contribution in [0.3, 0.4) is 0 Å². The van der Waals surface area contributed by atoms with Crippen LogP contribution in [0.1, 0.15) is 19.4 Å². The van der Waals surface area contributed by atoms with Crippen molar-refractivity contribution in [3.05, 3.63) is 38.9 Å². The summed E-state index contributed by atoms with van der Waals surface area (Å²) in [6.45, 7) is 5.78. The zero-order valence-corrected chi connectivity index (χ0v) is 11.2. The Morgan fingerprint density at radius 2 is 2.28 bits per heavy atom. The highest BCUT2D eigenvalue weighted by atomic mass is 35.5.